The lowest BCUT2D eigenvalue weighted by Gasteiger charge is -2.07. The van der Waals surface area contributed by atoms with E-state index in [0.717, 1.165) is 19.5 Å². The van der Waals surface area contributed by atoms with Crippen molar-refractivity contribution >= 4 is 0 Å². The molecule has 0 amide bonds. The average Bonchev–Trinajstić information content (AvgIpc) is 2.42. The summed E-state index contributed by atoms with van der Waals surface area (Å²) in [5.41, 5.74) is 0. The first-order chi connectivity index (χ1) is 4.90. The standard InChI is InChI=1S/C7H13NO2/c1-2-7-9-5-3-8-4-6(5)10-7/h5-8H,2-4H2,1H3. The zero-order valence-corrected chi connectivity index (χ0v) is 6.17. The first kappa shape index (κ1) is 6.58. The lowest BCUT2D eigenvalue weighted by Crippen LogP contribution is -2.18. The molecule has 2 aliphatic rings. The summed E-state index contributed by atoms with van der Waals surface area (Å²) >= 11 is 0. The van der Waals surface area contributed by atoms with Crippen molar-refractivity contribution in [3.8, 4) is 0 Å². The molecule has 0 bridgehead atoms. The Morgan fingerprint density at radius 3 is 2.40 bits per heavy atom. The van der Waals surface area contributed by atoms with Gasteiger partial charge in [0.05, 0.1) is 0 Å². The van der Waals surface area contributed by atoms with Crippen LogP contribution in [0.2, 0.25) is 0 Å². The number of nitrogens with one attached hydrogen (secondary N) is 1. The molecule has 2 fully saturated rings. The van der Waals surface area contributed by atoms with E-state index in [0.29, 0.717) is 12.2 Å². The minimum atomic E-state index is 0.0668. The van der Waals surface area contributed by atoms with Crippen LogP contribution in [0.5, 0.6) is 0 Å². The minimum absolute atomic E-state index is 0.0668. The zero-order valence-electron chi connectivity index (χ0n) is 6.17. The van der Waals surface area contributed by atoms with E-state index < -0.39 is 0 Å². The summed E-state index contributed by atoms with van der Waals surface area (Å²) < 4.78 is 11.1. The van der Waals surface area contributed by atoms with Crippen LogP contribution in [-0.2, 0) is 9.47 Å². The Labute approximate surface area is 60.7 Å². The van der Waals surface area contributed by atoms with E-state index in [1.807, 2.05) is 0 Å². The molecule has 0 aliphatic carbocycles. The van der Waals surface area contributed by atoms with E-state index in [-0.39, 0.29) is 6.29 Å². The third-order valence-corrected chi connectivity index (χ3v) is 2.09. The summed E-state index contributed by atoms with van der Waals surface area (Å²) in [6, 6.07) is 0. The van der Waals surface area contributed by atoms with Gasteiger partial charge < -0.3 is 14.8 Å². The van der Waals surface area contributed by atoms with Crippen LogP contribution >= 0.6 is 0 Å². The fourth-order valence-electron chi connectivity index (χ4n) is 1.52. The smallest absolute Gasteiger partial charge is 0.158 e. The van der Waals surface area contributed by atoms with Crippen LogP contribution < -0.4 is 5.32 Å². The average molecular weight is 143 g/mol. The minimum Gasteiger partial charge on any atom is -0.345 e. The Hall–Kier alpha value is -0.120. The summed E-state index contributed by atoms with van der Waals surface area (Å²) in [7, 11) is 0. The first-order valence-corrected chi connectivity index (χ1v) is 3.92. The normalized spacial score (nSPS) is 45.9. The summed E-state index contributed by atoms with van der Waals surface area (Å²) in [5.74, 6) is 0. The maximum atomic E-state index is 5.55. The van der Waals surface area contributed by atoms with Gasteiger partial charge >= 0.3 is 0 Å². The number of hydrogen-bond acceptors (Lipinski definition) is 3. The van der Waals surface area contributed by atoms with Crippen molar-refractivity contribution < 1.29 is 9.47 Å². The highest BCUT2D eigenvalue weighted by molar-refractivity contribution is 4.86. The third kappa shape index (κ3) is 0.944. The predicted molar refractivity (Wildman–Crippen MR) is 36.7 cm³/mol. The van der Waals surface area contributed by atoms with Crippen LogP contribution in [-0.4, -0.2) is 31.6 Å². The van der Waals surface area contributed by atoms with Gasteiger partial charge in [0.15, 0.2) is 6.29 Å². The molecule has 10 heavy (non-hydrogen) atoms. The Morgan fingerprint density at radius 2 is 1.90 bits per heavy atom. The van der Waals surface area contributed by atoms with Crippen LogP contribution in [0.1, 0.15) is 13.3 Å². The second kappa shape index (κ2) is 2.49. The van der Waals surface area contributed by atoms with E-state index in [4.69, 9.17) is 9.47 Å². The van der Waals surface area contributed by atoms with Gasteiger partial charge in [0.1, 0.15) is 12.2 Å². The largest absolute Gasteiger partial charge is 0.345 e. The number of rotatable bonds is 1. The summed E-state index contributed by atoms with van der Waals surface area (Å²) in [6.45, 7) is 4.00. The molecule has 0 saturated carbocycles. The molecule has 0 aromatic heterocycles. The molecule has 2 aliphatic heterocycles. The van der Waals surface area contributed by atoms with Gasteiger partial charge in [0.25, 0.3) is 0 Å². The van der Waals surface area contributed by atoms with Crippen molar-refractivity contribution in [1.82, 2.24) is 5.32 Å². The predicted octanol–water partition coefficient (Wildman–Crippen LogP) is 0.110. The molecular formula is C7H13NO2. The van der Waals surface area contributed by atoms with E-state index >= 15 is 0 Å². The quantitative estimate of drug-likeness (QED) is 0.565. The van der Waals surface area contributed by atoms with Crippen molar-refractivity contribution in [2.24, 2.45) is 0 Å². The van der Waals surface area contributed by atoms with Crippen LogP contribution in [0.3, 0.4) is 0 Å². The molecule has 1 N–H and O–H groups in total. The summed E-state index contributed by atoms with van der Waals surface area (Å²) in [4.78, 5) is 0. The maximum Gasteiger partial charge on any atom is 0.158 e. The molecule has 2 saturated heterocycles. The molecule has 3 heteroatoms. The van der Waals surface area contributed by atoms with Gasteiger partial charge in [0, 0.05) is 13.1 Å². The highest BCUT2D eigenvalue weighted by atomic mass is 16.7. The summed E-state index contributed by atoms with van der Waals surface area (Å²) in [6.07, 6.45) is 1.68. The lowest BCUT2D eigenvalue weighted by atomic mass is 10.3. The molecule has 0 aromatic rings. The van der Waals surface area contributed by atoms with Crippen molar-refractivity contribution in [2.45, 2.75) is 31.8 Å². The highest BCUT2D eigenvalue weighted by Gasteiger charge is 2.38. The van der Waals surface area contributed by atoms with E-state index in [1.54, 1.807) is 0 Å². The lowest BCUT2D eigenvalue weighted by molar-refractivity contribution is -0.0709. The van der Waals surface area contributed by atoms with E-state index in [9.17, 15) is 0 Å². The van der Waals surface area contributed by atoms with Gasteiger partial charge in [-0.2, -0.15) is 0 Å². The van der Waals surface area contributed by atoms with E-state index in [1.165, 1.54) is 0 Å². The molecule has 58 valence electrons. The van der Waals surface area contributed by atoms with Gasteiger partial charge in [-0.25, -0.2) is 0 Å². The number of hydrogen-bond donors (Lipinski definition) is 1. The monoisotopic (exact) mass is 143 g/mol. The molecule has 2 atom stereocenters. The Morgan fingerprint density at radius 1 is 1.30 bits per heavy atom. The molecule has 0 radical (unpaired) electrons. The topological polar surface area (TPSA) is 30.5 Å². The third-order valence-electron chi connectivity index (χ3n) is 2.09. The molecule has 2 heterocycles. The van der Waals surface area contributed by atoms with Crippen LogP contribution in [0.4, 0.5) is 0 Å². The maximum absolute atomic E-state index is 5.55. The van der Waals surface area contributed by atoms with Gasteiger partial charge in [-0.05, 0) is 6.42 Å². The summed E-state index contributed by atoms with van der Waals surface area (Å²) in [5, 5.41) is 3.22. The Bertz CT molecular complexity index is 117. The molecule has 0 spiro atoms. The SMILES string of the molecule is CCC1OC2CNCC2O1. The Kier molecular flexibility index (Phi) is 1.64. The van der Waals surface area contributed by atoms with Gasteiger partial charge in [0.2, 0.25) is 0 Å². The molecule has 2 rings (SSSR count). The van der Waals surface area contributed by atoms with Crippen LogP contribution in [0.25, 0.3) is 0 Å². The van der Waals surface area contributed by atoms with Crippen molar-refractivity contribution in [1.29, 1.82) is 0 Å². The number of fused-ring (bicyclic) bond motifs is 1. The first-order valence-electron chi connectivity index (χ1n) is 3.92. The van der Waals surface area contributed by atoms with Crippen molar-refractivity contribution in [3.63, 3.8) is 0 Å². The van der Waals surface area contributed by atoms with Gasteiger partial charge in [-0.15, -0.1) is 0 Å². The zero-order chi connectivity index (χ0) is 6.97. The second-order valence-electron chi connectivity index (χ2n) is 2.85. The second-order valence-corrected chi connectivity index (χ2v) is 2.85. The van der Waals surface area contributed by atoms with Crippen LogP contribution in [0, 0.1) is 0 Å². The Balaban J connectivity index is 1.94. The van der Waals surface area contributed by atoms with E-state index in [2.05, 4.69) is 12.2 Å². The molecular weight excluding hydrogens is 130 g/mol. The van der Waals surface area contributed by atoms with Gasteiger partial charge in [-0.3, -0.25) is 0 Å². The number of ether oxygens (including phenoxy) is 2. The van der Waals surface area contributed by atoms with Crippen molar-refractivity contribution in [2.75, 3.05) is 13.1 Å². The fourth-order valence-corrected chi connectivity index (χ4v) is 1.52. The molecule has 0 aromatic carbocycles. The fraction of sp³-hybridized carbons (Fsp3) is 1.00. The van der Waals surface area contributed by atoms with Gasteiger partial charge in [-0.1, -0.05) is 6.92 Å². The van der Waals surface area contributed by atoms with Crippen molar-refractivity contribution in [3.05, 3.63) is 0 Å². The molecule has 3 nitrogen and oxygen atoms in total. The molecule has 2 unspecified atom stereocenters. The highest BCUT2D eigenvalue weighted by Crippen LogP contribution is 2.23. The van der Waals surface area contributed by atoms with Crippen LogP contribution in [0.15, 0.2) is 0 Å².